The maximum Gasteiger partial charge on any atom is 0.344 e. The van der Waals surface area contributed by atoms with Gasteiger partial charge in [-0.2, -0.15) is 5.01 Å². The van der Waals surface area contributed by atoms with E-state index in [1.165, 1.54) is 0 Å². The van der Waals surface area contributed by atoms with E-state index in [-0.39, 0.29) is 6.42 Å². The van der Waals surface area contributed by atoms with Gasteiger partial charge in [0.25, 0.3) is 11.8 Å². The number of rotatable bonds is 8. The molecule has 0 aromatic heterocycles. The lowest BCUT2D eigenvalue weighted by Crippen LogP contribution is -2.49. The largest absolute Gasteiger partial charge is 0.455 e. The molecule has 1 atom stereocenters. The van der Waals surface area contributed by atoms with Crippen LogP contribution in [0.3, 0.4) is 0 Å². The zero-order valence-electron chi connectivity index (χ0n) is 15.8. The van der Waals surface area contributed by atoms with Crippen molar-refractivity contribution in [3.8, 4) is 0 Å². The molecule has 0 radical (unpaired) electrons. The Morgan fingerprint density at radius 2 is 1.89 bits per heavy atom. The Hall–Kier alpha value is -2.90. The van der Waals surface area contributed by atoms with E-state index in [2.05, 4.69) is 10.7 Å². The normalized spacial score (nSPS) is 19.2. The number of hydrogen-bond donors (Lipinski definition) is 2. The first-order valence-electron chi connectivity index (χ1n) is 8.97. The predicted molar refractivity (Wildman–Crippen MR) is 97.0 cm³/mol. The minimum absolute atomic E-state index is 0.209. The van der Waals surface area contributed by atoms with E-state index in [4.69, 9.17) is 4.74 Å². The Morgan fingerprint density at radius 3 is 2.48 bits per heavy atom. The van der Waals surface area contributed by atoms with Crippen LogP contribution in [0.25, 0.3) is 0 Å². The van der Waals surface area contributed by atoms with Crippen molar-refractivity contribution in [2.75, 3.05) is 6.61 Å². The van der Waals surface area contributed by atoms with Gasteiger partial charge >= 0.3 is 12.0 Å². The standard InChI is InChI=1S/C19H25N3O5/c1-4-19(14-8-6-5-7-9-14)17(25)22(18(26)20-19)21-15(23)12-27-16(24)11-10-13(2)3/h5-9,13H,4,10-12H2,1-3H3,(H,20,26)(H,21,23)/t19-/m0/s1. The Balaban J connectivity index is 1.99. The molecule has 1 aromatic carbocycles. The molecule has 0 bridgehead atoms. The second-order valence-corrected chi connectivity index (χ2v) is 6.82. The van der Waals surface area contributed by atoms with Crippen molar-refractivity contribution < 1.29 is 23.9 Å². The van der Waals surface area contributed by atoms with Crippen LogP contribution in [0.1, 0.15) is 45.6 Å². The molecule has 1 aliphatic heterocycles. The number of urea groups is 1. The summed E-state index contributed by atoms with van der Waals surface area (Å²) in [6, 6.07) is 8.09. The summed E-state index contributed by atoms with van der Waals surface area (Å²) in [4.78, 5) is 48.7. The van der Waals surface area contributed by atoms with Crippen molar-refractivity contribution in [2.24, 2.45) is 5.92 Å². The summed E-state index contributed by atoms with van der Waals surface area (Å²) in [6.07, 6.45) is 1.18. The molecule has 1 heterocycles. The second kappa shape index (κ2) is 8.66. The van der Waals surface area contributed by atoms with Crippen LogP contribution in [-0.4, -0.2) is 35.4 Å². The Bertz CT molecular complexity index is 719. The molecule has 27 heavy (non-hydrogen) atoms. The van der Waals surface area contributed by atoms with E-state index < -0.39 is 36.0 Å². The lowest BCUT2D eigenvalue weighted by atomic mass is 9.87. The lowest BCUT2D eigenvalue weighted by Gasteiger charge is -2.25. The van der Waals surface area contributed by atoms with Crippen LogP contribution in [-0.2, 0) is 24.7 Å². The van der Waals surface area contributed by atoms with Gasteiger partial charge in [0.2, 0.25) is 0 Å². The molecule has 0 aliphatic carbocycles. The van der Waals surface area contributed by atoms with Gasteiger partial charge in [0.15, 0.2) is 6.61 Å². The molecule has 0 unspecified atom stereocenters. The maximum atomic E-state index is 12.8. The molecule has 1 aromatic rings. The van der Waals surface area contributed by atoms with Crippen LogP contribution in [0.15, 0.2) is 30.3 Å². The predicted octanol–water partition coefficient (Wildman–Crippen LogP) is 1.85. The highest BCUT2D eigenvalue weighted by molar-refractivity contribution is 6.08. The Morgan fingerprint density at radius 1 is 1.22 bits per heavy atom. The van der Waals surface area contributed by atoms with Gasteiger partial charge in [-0.25, -0.2) is 4.79 Å². The zero-order valence-corrected chi connectivity index (χ0v) is 15.8. The van der Waals surface area contributed by atoms with Crippen molar-refractivity contribution >= 4 is 23.8 Å². The highest BCUT2D eigenvalue weighted by Crippen LogP contribution is 2.31. The molecule has 2 N–H and O–H groups in total. The third kappa shape index (κ3) is 4.64. The fourth-order valence-electron chi connectivity index (χ4n) is 2.82. The fraction of sp³-hybridized carbons (Fsp3) is 0.474. The highest BCUT2D eigenvalue weighted by atomic mass is 16.5. The quantitative estimate of drug-likeness (QED) is 0.533. The van der Waals surface area contributed by atoms with Gasteiger partial charge in [-0.05, 0) is 24.3 Å². The first kappa shape index (κ1) is 20.4. The van der Waals surface area contributed by atoms with Crippen molar-refractivity contribution in [3.05, 3.63) is 35.9 Å². The topological polar surface area (TPSA) is 105 Å². The molecule has 0 saturated carbocycles. The maximum absolute atomic E-state index is 12.8. The summed E-state index contributed by atoms with van der Waals surface area (Å²) in [6.45, 7) is 5.17. The van der Waals surface area contributed by atoms with Crippen LogP contribution >= 0.6 is 0 Å². The average molecular weight is 375 g/mol. The number of nitrogens with zero attached hydrogens (tertiary/aromatic N) is 1. The molecule has 1 fully saturated rings. The van der Waals surface area contributed by atoms with Gasteiger partial charge in [0.05, 0.1) is 0 Å². The lowest BCUT2D eigenvalue weighted by molar-refractivity contribution is -0.150. The van der Waals surface area contributed by atoms with Crippen LogP contribution in [0.5, 0.6) is 0 Å². The summed E-state index contributed by atoms with van der Waals surface area (Å²) in [5.74, 6) is -1.49. The third-order valence-corrected chi connectivity index (χ3v) is 4.42. The monoisotopic (exact) mass is 375 g/mol. The summed E-state index contributed by atoms with van der Waals surface area (Å²) >= 11 is 0. The summed E-state index contributed by atoms with van der Waals surface area (Å²) in [5.41, 5.74) is 1.60. The van der Waals surface area contributed by atoms with Gasteiger partial charge in [-0.15, -0.1) is 0 Å². The SMILES string of the molecule is CC[C@@]1(c2ccccc2)NC(=O)N(NC(=O)COC(=O)CCC(C)C)C1=O. The van der Waals surface area contributed by atoms with Crippen LogP contribution in [0, 0.1) is 5.92 Å². The number of esters is 1. The molecule has 8 heteroatoms. The number of imide groups is 1. The Labute approximate surface area is 158 Å². The van der Waals surface area contributed by atoms with E-state index in [1.54, 1.807) is 37.3 Å². The molecule has 1 saturated heterocycles. The fourth-order valence-corrected chi connectivity index (χ4v) is 2.82. The summed E-state index contributed by atoms with van der Waals surface area (Å²) < 4.78 is 4.88. The minimum Gasteiger partial charge on any atom is -0.455 e. The smallest absolute Gasteiger partial charge is 0.344 e. The van der Waals surface area contributed by atoms with Gasteiger partial charge in [0, 0.05) is 6.42 Å². The molecule has 0 spiro atoms. The van der Waals surface area contributed by atoms with Crippen molar-refractivity contribution in [1.29, 1.82) is 0 Å². The number of nitrogens with one attached hydrogen (secondary N) is 2. The Kier molecular flexibility index (Phi) is 6.55. The molecular weight excluding hydrogens is 350 g/mol. The molecule has 2 rings (SSSR count). The van der Waals surface area contributed by atoms with E-state index in [1.807, 2.05) is 13.8 Å². The van der Waals surface area contributed by atoms with Crippen LogP contribution in [0.2, 0.25) is 0 Å². The van der Waals surface area contributed by atoms with Crippen molar-refractivity contribution in [2.45, 2.75) is 45.6 Å². The number of hydrogen-bond acceptors (Lipinski definition) is 5. The third-order valence-electron chi connectivity index (χ3n) is 4.42. The first-order chi connectivity index (χ1) is 12.8. The number of hydrazine groups is 1. The molecule has 146 valence electrons. The van der Waals surface area contributed by atoms with E-state index in [9.17, 15) is 19.2 Å². The number of benzene rings is 1. The highest BCUT2D eigenvalue weighted by Gasteiger charge is 2.52. The van der Waals surface area contributed by atoms with Crippen LogP contribution in [0.4, 0.5) is 4.79 Å². The second-order valence-electron chi connectivity index (χ2n) is 6.82. The minimum atomic E-state index is -1.24. The molecular formula is C19H25N3O5. The summed E-state index contributed by atoms with van der Waals surface area (Å²) in [7, 11) is 0. The zero-order chi connectivity index (χ0) is 20.0. The van der Waals surface area contributed by atoms with Gasteiger partial charge in [-0.1, -0.05) is 51.1 Å². The van der Waals surface area contributed by atoms with Crippen LogP contribution < -0.4 is 10.7 Å². The van der Waals surface area contributed by atoms with E-state index in [0.29, 0.717) is 29.3 Å². The van der Waals surface area contributed by atoms with E-state index in [0.717, 1.165) is 0 Å². The van der Waals surface area contributed by atoms with Gasteiger partial charge < -0.3 is 10.1 Å². The van der Waals surface area contributed by atoms with Gasteiger partial charge in [0.1, 0.15) is 5.54 Å². The van der Waals surface area contributed by atoms with E-state index >= 15 is 0 Å². The van der Waals surface area contributed by atoms with Crippen molar-refractivity contribution in [1.82, 2.24) is 15.8 Å². The molecule has 8 nitrogen and oxygen atoms in total. The number of amides is 4. The van der Waals surface area contributed by atoms with Gasteiger partial charge in [-0.3, -0.25) is 19.8 Å². The molecule has 4 amide bonds. The first-order valence-corrected chi connectivity index (χ1v) is 8.97. The average Bonchev–Trinajstić information content (AvgIpc) is 2.90. The number of carbonyl (C=O) groups excluding carboxylic acids is 4. The summed E-state index contributed by atoms with van der Waals surface area (Å²) in [5, 5.41) is 3.29. The number of carbonyl (C=O) groups is 4. The molecule has 1 aliphatic rings. The van der Waals surface area contributed by atoms with Crippen molar-refractivity contribution in [3.63, 3.8) is 0 Å². The number of ether oxygens (including phenoxy) is 1.